The molecule has 4 aromatic rings. The molecule has 1 aliphatic rings. The van der Waals surface area contributed by atoms with Crippen LogP contribution in [0, 0.1) is 0 Å². The van der Waals surface area contributed by atoms with E-state index < -0.39 is 15.6 Å². The number of rotatable bonds is 10. The third kappa shape index (κ3) is 5.11. The number of H-pyrrole nitrogens is 1. The van der Waals surface area contributed by atoms with Crippen LogP contribution in [0.1, 0.15) is 39.5 Å². The largest absolute Gasteiger partial charge is 0.493 e. The highest BCUT2D eigenvalue weighted by molar-refractivity contribution is 7.89. The molecule has 0 spiro atoms. The number of hydrogen-bond acceptors (Lipinski definition) is 9. The predicted molar refractivity (Wildman–Crippen MR) is 150 cm³/mol. The topological polar surface area (TPSA) is 151 Å². The fourth-order valence-corrected chi connectivity index (χ4v) is 6.38. The van der Waals surface area contributed by atoms with Gasteiger partial charge in [0.25, 0.3) is 0 Å². The number of sulfonamides is 1. The number of hydrogen-bond donors (Lipinski definition) is 2. The summed E-state index contributed by atoms with van der Waals surface area (Å²) in [5.74, 6) is 0.799. The zero-order valence-corrected chi connectivity index (χ0v) is 24.1. The average Bonchev–Trinajstić information content (AvgIpc) is 3.59. The molecule has 0 radical (unpaired) electrons. The normalized spacial score (nSPS) is 16.4. The van der Waals surface area contributed by atoms with Crippen LogP contribution < -0.4 is 10.4 Å². The van der Waals surface area contributed by atoms with Crippen LogP contribution >= 0.6 is 0 Å². The molecule has 0 aliphatic carbocycles. The molecule has 40 heavy (non-hydrogen) atoms. The van der Waals surface area contributed by atoms with Gasteiger partial charge in [-0.05, 0) is 50.9 Å². The number of aromatic nitrogens is 6. The summed E-state index contributed by atoms with van der Waals surface area (Å²) in [7, 11) is -0.487. The number of ether oxygens (including phenoxy) is 1. The van der Waals surface area contributed by atoms with Gasteiger partial charge in [0, 0.05) is 33.2 Å². The van der Waals surface area contributed by atoms with Crippen LogP contribution in [0.5, 0.6) is 5.75 Å². The number of aryl methyl sites for hydroxylation is 1. The van der Waals surface area contributed by atoms with E-state index in [4.69, 9.17) is 9.72 Å². The van der Waals surface area contributed by atoms with Crippen molar-refractivity contribution in [3.63, 3.8) is 0 Å². The van der Waals surface area contributed by atoms with Crippen LogP contribution in [0.15, 0.2) is 34.2 Å². The summed E-state index contributed by atoms with van der Waals surface area (Å²) in [6.07, 6.45) is 3.81. The molecule has 4 heterocycles. The van der Waals surface area contributed by atoms with E-state index >= 15 is 0 Å². The second-order valence-electron chi connectivity index (χ2n) is 10.5. The SMILES string of the molecule is CCCOc1ccc(S(=O)(=O)N(C)CC2(O)CCN(C)CC2)cc1-c1nc2c([nH]1)c1nncn1c(=O)n2CCC. The lowest BCUT2D eigenvalue weighted by molar-refractivity contribution is -0.0249. The number of nitrogens with one attached hydrogen (secondary N) is 1. The average molecular weight is 573 g/mol. The summed E-state index contributed by atoms with van der Waals surface area (Å²) in [5.41, 5.74) is 0.282. The molecule has 5 rings (SSSR count). The molecule has 216 valence electrons. The molecule has 2 N–H and O–H groups in total. The van der Waals surface area contributed by atoms with Gasteiger partial charge in [0.15, 0.2) is 11.3 Å². The molecule has 0 amide bonds. The maximum atomic E-state index is 13.7. The molecule has 0 unspecified atom stereocenters. The van der Waals surface area contributed by atoms with Crippen LogP contribution in [0.25, 0.3) is 28.2 Å². The molecule has 0 bridgehead atoms. The van der Waals surface area contributed by atoms with Crippen molar-refractivity contribution in [1.29, 1.82) is 0 Å². The fraction of sp³-hybridized carbons (Fsp3) is 0.538. The maximum Gasteiger partial charge on any atom is 0.336 e. The number of fused-ring (bicyclic) bond motifs is 3. The second kappa shape index (κ2) is 10.9. The highest BCUT2D eigenvalue weighted by atomic mass is 32.2. The fourth-order valence-electron chi connectivity index (χ4n) is 5.10. The minimum atomic E-state index is -3.96. The smallest absolute Gasteiger partial charge is 0.336 e. The molecule has 3 aromatic heterocycles. The third-order valence-electron chi connectivity index (χ3n) is 7.41. The highest BCUT2D eigenvalue weighted by Crippen LogP contribution is 2.34. The van der Waals surface area contributed by atoms with Gasteiger partial charge in [-0.2, -0.15) is 4.31 Å². The van der Waals surface area contributed by atoms with E-state index in [0.29, 0.717) is 79.5 Å². The van der Waals surface area contributed by atoms with Gasteiger partial charge < -0.3 is 19.7 Å². The van der Waals surface area contributed by atoms with Crippen molar-refractivity contribution in [3.05, 3.63) is 35.0 Å². The first-order valence-corrected chi connectivity index (χ1v) is 15.0. The molecular weight excluding hydrogens is 536 g/mol. The number of imidazole rings is 1. The van der Waals surface area contributed by atoms with E-state index in [1.54, 1.807) is 10.6 Å². The van der Waals surface area contributed by atoms with Crippen molar-refractivity contribution in [3.8, 4) is 17.1 Å². The monoisotopic (exact) mass is 572 g/mol. The quantitative estimate of drug-likeness (QED) is 0.289. The Morgan fingerprint density at radius 1 is 1.18 bits per heavy atom. The lowest BCUT2D eigenvalue weighted by Crippen LogP contribution is -2.50. The number of aromatic amines is 1. The molecule has 1 aliphatic heterocycles. The third-order valence-corrected chi connectivity index (χ3v) is 9.21. The Kier molecular flexibility index (Phi) is 7.70. The van der Waals surface area contributed by atoms with E-state index in [1.165, 1.54) is 34.2 Å². The standard InChI is InChI=1S/C26H36N8O5S/c1-5-11-33-23-21(24-30-27-17-34(24)25(33)35)28-22(29-23)19-15-18(7-8-20(19)39-14-6-2)40(37,38)32(4)16-26(36)9-12-31(3)13-10-26/h7-8,15,17,36H,5-6,9-14,16H2,1-4H3,(H,28,29). The van der Waals surface area contributed by atoms with Gasteiger partial charge in [-0.1, -0.05) is 13.8 Å². The van der Waals surface area contributed by atoms with E-state index in [-0.39, 0.29) is 17.1 Å². The number of nitrogens with zero attached hydrogens (tertiary/aromatic N) is 7. The van der Waals surface area contributed by atoms with E-state index in [2.05, 4.69) is 20.1 Å². The minimum absolute atomic E-state index is 0.00854. The number of likely N-dealkylation sites (tertiary alicyclic amines) is 1. The first-order valence-electron chi connectivity index (χ1n) is 13.5. The van der Waals surface area contributed by atoms with Crippen molar-refractivity contribution in [2.75, 3.05) is 40.3 Å². The Balaban J connectivity index is 1.59. The van der Waals surface area contributed by atoms with E-state index in [1.807, 2.05) is 20.9 Å². The van der Waals surface area contributed by atoms with Gasteiger partial charge in [0.2, 0.25) is 10.0 Å². The summed E-state index contributed by atoms with van der Waals surface area (Å²) in [4.78, 5) is 23.2. The second-order valence-corrected chi connectivity index (χ2v) is 12.6. The minimum Gasteiger partial charge on any atom is -0.493 e. The van der Waals surface area contributed by atoms with Crippen LogP contribution in [0.4, 0.5) is 0 Å². The van der Waals surface area contributed by atoms with E-state index in [0.717, 1.165) is 6.42 Å². The Hall–Kier alpha value is -3.33. The van der Waals surface area contributed by atoms with Crippen LogP contribution in [0.2, 0.25) is 0 Å². The number of piperidine rings is 1. The van der Waals surface area contributed by atoms with Gasteiger partial charge >= 0.3 is 5.69 Å². The van der Waals surface area contributed by atoms with Crippen molar-refractivity contribution in [2.24, 2.45) is 0 Å². The summed E-state index contributed by atoms with van der Waals surface area (Å²) < 4.78 is 37.5. The van der Waals surface area contributed by atoms with Crippen LogP contribution in [0.3, 0.4) is 0 Å². The molecule has 0 atom stereocenters. The number of likely N-dealkylation sites (N-methyl/N-ethyl adjacent to an activating group) is 1. The van der Waals surface area contributed by atoms with Gasteiger partial charge in [0.1, 0.15) is 23.4 Å². The molecule has 0 saturated carbocycles. The number of aliphatic hydroxyl groups is 1. The molecule has 14 heteroatoms. The van der Waals surface area contributed by atoms with Crippen molar-refractivity contribution < 1.29 is 18.3 Å². The maximum absolute atomic E-state index is 13.7. The Morgan fingerprint density at radius 3 is 2.62 bits per heavy atom. The summed E-state index contributed by atoms with van der Waals surface area (Å²) in [6.45, 7) is 6.20. The first-order chi connectivity index (χ1) is 19.1. The van der Waals surface area contributed by atoms with Crippen LogP contribution in [-0.4, -0.2) is 97.8 Å². The Labute approximate surface area is 232 Å². The van der Waals surface area contributed by atoms with Crippen molar-refractivity contribution in [2.45, 2.75) is 56.6 Å². The summed E-state index contributed by atoms with van der Waals surface area (Å²) in [6, 6.07) is 4.65. The number of benzene rings is 1. The zero-order valence-electron chi connectivity index (χ0n) is 23.3. The van der Waals surface area contributed by atoms with E-state index in [9.17, 15) is 18.3 Å². The van der Waals surface area contributed by atoms with Crippen molar-refractivity contribution in [1.82, 2.24) is 38.3 Å². The molecule has 1 fully saturated rings. The molecular formula is C26H36N8O5S. The summed E-state index contributed by atoms with van der Waals surface area (Å²) >= 11 is 0. The van der Waals surface area contributed by atoms with Crippen LogP contribution in [-0.2, 0) is 16.6 Å². The Bertz CT molecular complexity index is 1680. The van der Waals surface area contributed by atoms with Gasteiger partial charge in [-0.15, -0.1) is 10.2 Å². The lowest BCUT2D eigenvalue weighted by atomic mass is 9.92. The van der Waals surface area contributed by atoms with Crippen molar-refractivity contribution >= 4 is 26.8 Å². The predicted octanol–water partition coefficient (Wildman–Crippen LogP) is 1.71. The molecule has 1 saturated heterocycles. The lowest BCUT2D eigenvalue weighted by Gasteiger charge is -2.38. The zero-order chi connectivity index (χ0) is 28.7. The Morgan fingerprint density at radius 2 is 1.93 bits per heavy atom. The summed E-state index contributed by atoms with van der Waals surface area (Å²) in [5, 5.41) is 19.1. The van der Waals surface area contributed by atoms with Gasteiger partial charge in [-0.3, -0.25) is 4.57 Å². The van der Waals surface area contributed by atoms with Gasteiger partial charge in [-0.25, -0.2) is 22.6 Å². The molecule has 13 nitrogen and oxygen atoms in total. The highest BCUT2D eigenvalue weighted by Gasteiger charge is 2.36. The first kappa shape index (κ1) is 28.2. The molecule has 1 aromatic carbocycles. The van der Waals surface area contributed by atoms with Gasteiger partial charge in [0.05, 0.1) is 22.7 Å².